The van der Waals surface area contributed by atoms with Gasteiger partial charge in [0.2, 0.25) is 0 Å². The van der Waals surface area contributed by atoms with E-state index in [0.29, 0.717) is 15.6 Å². The smallest absolute Gasteiger partial charge is 0.387 e. The van der Waals surface area contributed by atoms with Crippen LogP contribution in [0.25, 0.3) is 6.08 Å². The molecule has 1 amide bonds. The average Bonchev–Trinajstić information content (AvgIpc) is 2.60. The first-order valence-electron chi connectivity index (χ1n) is 7.48. The first-order valence-corrected chi connectivity index (χ1v) is 8.24. The average molecular weight is 416 g/mol. The lowest BCUT2D eigenvalue weighted by Crippen LogP contribution is -2.20. The quantitative estimate of drug-likeness (QED) is 0.521. The Bertz CT molecular complexity index is 859. The summed E-state index contributed by atoms with van der Waals surface area (Å²) >= 11 is 11.7. The third-order valence-corrected chi connectivity index (χ3v) is 3.65. The molecule has 0 fully saturated rings. The summed E-state index contributed by atoms with van der Waals surface area (Å²) in [6.45, 7) is -3.65. The standard InChI is InChI=1S/C18H13Cl2F2NO4/c19-12-7-5-11(13(20)9-12)6-8-17(25)26-10-16(24)23-14-3-1-2-4-15(14)27-18(21)22/h1-9,18H,10H2,(H,23,24)/b8-6+. The summed E-state index contributed by atoms with van der Waals surface area (Å²) in [6.07, 6.45) is 2.50. The zero-order valence-corrected chi connectivity index (χ0v) is 15.1. The number of carbonyl (C=O) groups is 2. The van der Waals surface area contributed by atoms with Crippen LogP contribution in [0.15, 0.2) is 48.5 Å². The zero-order chi connectivity index (χ0) is 19.8. The van der Waals surface area contributed by atoms with E-state index in [0.717, 1.165) is 6.08 Å². The predicted octanol–water partition coefficient (Wildman–Crippen LogP) is 4.79. The van der Waals surface area contributed by atoms with Gasteiger partial charge in [-0.15, -0.1) is 0 Å². The number of hydrogen-bond donors (Lipinski definition) is 1. The summed E-state index contributed by atoms with van der Waals surface area (Å²) < 4.78 is 33.8. The van der Waals surface area contributed by atoms with Crippen molar-refractivity contribution in [3.05, 3.63) is 64.1 Å². The number of benzene rings is 2. The lowest BCUT2D eigenvalue weighted by molar-refractivity contribution is -0.142. The van der Waals surface area contributed by atoms with Crippen LogP contribution in [0, 0.1) is 0 Å². The molecule has 0 aromatic heterocycles. The summed E-state index contributed by atoms with van der Waals surface area (Å²) in [5, 5.41) is 3.12. The second kappa shape index (κ2) is 9.89. The van der Waals surface area contributed by atoms with Crippen molar-refractivity contribution in [3.63, 3.8) is 0 Å². The van der Waals surface area contributed by atoms with Gasteiger partial charge in [0.15, 0.2) is 6.61 Å². The minimum absolute atomic E-state index is 0.0299. The maximum absolute atomic E-state index is 12.3. The summed E-state index contributed by atoms with van der Waals surface area (Å²) in [5.74, 6) is -1.70. The van der Waals surface area contributed by atoms with E-state index >= 15 is 0 Å². The summed E-state index contributed by atoms with van der Waals surface area (Å²) in [6, 6.07) is 10.4. The van der Waals surface area contributed by atoms with Gasteiger partial charge in [-0.25, -0.2) is 4.79 Å². The van der Waals surface area contributed by atoms with Crippen LogP contribution in [0.1, 0.15) is 5.56 Å². The molecule has 0 unspecified atom stereocenters. The number of halogens is 4. The molecule has 0 aliphatic rings. The van der Waals surface area contributed by atoms with E-state index < -0.39 is 25.1 Å². The Hall–Kier alpha value is -2.64. The summed E-state index contributed by atoms with van der Waals surface area (Å²) in [4.78, 5) is 23.5. The van der Waals surface area contributed by atoms with Gasteiger partial charge in [-0.05, 0) is 35.9 Å². The van der Waals surface area contributed by atoms with Crippen molar-refractivity contribution in [3.8, 4) is 5.75 Å². The van der Waals surface area contributed by atoms with Gasteiger partial charge in [0, 0.05) is 16.1 Å². The van der Waals surface area contributed by atoms with Gasteiger partial charge >= 0.3 is 12.6 Å². The highest BCUT2D eigenvalue weighted by Gasteiger charge is 2.12. The van der Waals surface area contributed by atoms with Crippen molar-refractivity contribution in [2.45, 2.75) is 6.61 Å². The number of amides is 1. The maximum atomic E-state index is 12.3. The molecule has 0 bridgehead atoms. The van der Waals surface area contributed by atoms with Crippen molar-refractivity contribution in [2.75, 3.05) is 11.9 Å². The van der Waals surface area contributed by atoms with Crippen molar-refractivity contribution in [1.82, 2.24) is 0 Å². The number of rotatable bonds is 7. The number of nitrogens with one attached hydrogen (secondary N) is 1. The molecule has 0 radical (unpaired) electrons. The number of ether oxygens (including phenoxy) is 2. The first-order chi connectivity index (χ1) is 12.8. The fourth-order valence-corrected chi connectivity index (χ4v) is 2.41. The molecule has 0 heterocycles. The predicted molar refractivity (Wildman–Crippen MR) is 98.2 cm³/mol. The van der Waals surface area contributed by atoms with E-state index in [-0.39, 0.29) is 11.4 Å². The maximum Gasteiger partial charge on any atom is 0.387 e. The van der Waals surface area contributed by atoms with Crippen molar-refractivity contribution in [1.29, 1.82) is 0 Å². The van der Waals surface area contributed by atoms with Gasteiger partial charge in [-0.2, -0.15) is 8.78 Å². The Kier molecular flexibility index (Phi) is 7.57. The van der Waals surface area contributed by atoms with Gasteiger partial charge in [-0.1, -0.05) is 41.4 Å². The highest BCUT2D eigenvalue weighted by atomic mass is 35.5. The molecule has 0 spiro atoms. The number of alkyl halides is 2. The molecule has 2 aromatic rings. The van der Waals surface area contributed by atoms with Gasteiger partial charge in [0.1, 0.15) is 5.75 Å². The van der Waals surface area contributed by atoms with E-state index in [9.17, 15) is 18.4 Å². The van der Waals surface area contributed by atoms with Crippen LogP contribution in [0.5, 0.6) is 5.75 Å². The van der Waals surface area contributed by atoms with E-state index in [1.165, 1.54) is 36.4 Å². The van der Waals surface area contributed by atoms with E-state index in [1.54, 1.807) is 12.1 Å². The van der Waals surface area contributed by atoms with Gasteiger partial charge in [0.05, 0.1) is 5.69 Å². The van der Waals surface area contributed by atoms with Crippen LogP contribution in [-0.4, -0.2) is 25.1 Å². The molecule has 0 saturated carbocycles. The Morgan fingerprint density at radius 1 is 1.15 bits per heavy atom. The molecule has 2 aromatic carbocycles. The molecule has 0 aliphatic carbocycles. The van der Waals surface area contributed by atoms with Crippen LogP contribution < -0.4 is 10.1 Å². The topological polar surface area (TPSA) is 64.6 Å². The Morgan fingerprint density at radius 2 is 1.89 bits per heavy atom. The fourth-order valence-electron chi connectivity index (χ4n) is 1.93. The highest BCUT2D eigenvalue weighted by Crippen LogP contribution is 2.25. The minimum atomic E-state index is -3.04. The molecule has 142 valence electrons. The molecular weight excluding hydrogens is 403 g/mol. The second-order valence-corrected chi connectivity index (χ2v) is 5.87. The normalized spacial score (nSPS) is 10.9. The van der Waals surface area contributed by atoms with Gasteiger partial charge in [-0.3, -0.25) is 4.79 Å². The third kappa shape index (κ3) is 6.88. The van der Waals surface area contributed by atoms with E-state index in [2.05, 4.69) is 10.1 Å². The Balaban J connectivity index is 1.88. The number of carbonyl (C=O) groups excluding carboxylic acids is 2. The molecule has 0 atom stereocenters. The minimum Gasteiger partial charge on any atom is -0.452 e. The molecular formula is C18H13Cl2F2NO4. The third-order valence-electron chi connectivity index (χ3n) is 3.08. The molecule has 0 saturated heterocycles. The van der Waals surface area contributed by atoms with Crippen molar-refractivity contribution >= 4 is 46.8 Å². The molecule has 1 N–H and O–H groups in total. The largest absolute Gasteiger partial charge is 0.452 e. The highest BCUT2D eigenvalue weighted by molar-refractivity contribution is 6.35. The second-order valence-electron chi connectivity index (χ2n) is 5.03. The summed E-state index contributed by atoms with van der Waals surface area (Å²) in [5.41, 5.74) is 0.572. The van der Waals surface area contributed by atoms with Crippen LogP contribution >= 0.6 is 23.2 Å². The number of esters is 1. The molecule has 9 heteroatoms. The lowest BCUT2D eigenvalue weighted by atomic mass is 10.2. The fraction of sp³-hybridized carbons (Fsp3) is 0.111. The van der Waals surface area contributed by atoms with Crippen molar-refractivity contribution < 1.29 is 27.8 Å². The van der Waals surface area contributed by atoms with Gasteiger partial charge in [0.25, 0.3) is 5.91 Å². The molecule has 5 nitrogen and oxygen atoms in total. The van der Waals surface area contributed by atoms with Crippen LogP contribution in [0.4, 0.5) is 14.5 Å². The molecule has 27 heavy (non-hydrogen) atoms. The van der Waals surface area contributed by atoms with E-state index in [4.69, 9.17) is 27.9 Å². The molecule has 0 aliphatic heterocycles. The van der Waals surface area contributed by atoms with Gasteiger partial charge < -0.3 is 14.8 Å². The number of para-hydroxylation sites is 2. The van der Waals surface area contributed by atoms with Crippen molar-refractivity contribution in [2.24, 2.45) is 0 Å². The monoisotopic (exact) mass is 415 g/mol. The Labute approximate surface area is 163 Å². The Morgan fingerprint density at radius 3 is 2.59 bits per heavy atom. The number of hydrogen-bond acceptors (Lipinski definition) is 4. The van der Waals surface area contributed by atoms with Crippen LogP contribution in [0.3, 0.4) is 0 Å². The molecule has 2 rings (SSSR count). The van der Waals surface area contributed by atoms with E-state index in [1.807, 2.05) is 0 Å². The first kappa shape index (κ1) is 20.7. The lowest BCUT2D eigenvalue weighted by Gasteiger charge is -2.11. The summed E-state index contributed by atoms with van der Waals surface area (Å²) in [7, 11) is 0. The number of anilines is 1. The van der Waals surface area contributed by atoms with Crippen LogP contribution in [-0.2, 0) is 14.3 Å². The zero-order valence-electron chi connectivity index (χ0n) is 13.6. The SMILES string of the molecule is O=C(COC(=O)/C=C/c1ccc(Cl)cc1Cl)Nc1ccccc1OC(F)F. The van der Waals surface area contributed by atoms with Crippen LogP contribution in [0.2, 0.25) is 10.0 Å².